The van der Waals surface area contributed by atoms with E-state index in [-0.39, 0.29) is 30.3 Å². The highest BCUT2D eigenvalue weighted by atomic mass is 32.1. The summed E-state index contributed by atoms with van der Waals surface area (Å²) in [7, 11) is 0. The molecule has 1 aliphatic heterocycles. The van der Waals surface area contributed by atoms with E-state index < -0.39 is 18.1 Å². The molecule has 2 aromatic heterocycles. The first-order chi connectivity index (χ1) is 23.4. The van der Waals surface area contributed by atoms with Crippen molar-refractivity contribution in [2.45, 2.75) is 32.5 Å². The molecule has 0 fully saturated rings. The maximum atomic E-state index is 13.8. The number of aliphatic hydroxyl groups is 1. The van der Waals surface area contributed by atoms with Gasteiger partial charge in [-0.15, -0.1) is 11.3 Å². The van der Waals surface area contributed by atoms with Crippen LogP contribution in [-0.4, -0.2) is 61.9 Å². The number of amides is 1. The molecule has 3 atom stereocenters. The Morgan fingerprint density at radius 3 is 2.60 bits per heavy atom. The lowest BCUT2D eigenvalue weighted by Gasteiger charge is -2.36. The third-order valence-electron chi connectivity index (χ3n) is 8.14. The summed E-state index contributed by atoms with van der Waals surface area (Å²) in [6.45, 7) is 5.46. The minimum Gasteiger partial charge on any atom is -0.464 e. The molecule has 250 valence electrons. The lowest BCUT2D eigenvalue weighted by molar-refractivity contribution is -0.166. The summed E-state index contributed by atoms with van der Waals surface area (Å²) in [5.74, 6) is -1.34. The smallest absolute Gasteiger partial charge is 0.290 e. The van der Waals surface area contributed by atoms with Crippen molar-refractivity contribution in [1.29, 1.82) is 0 Å². The Bertz CT molecular complexity index is 1950. The summed E-state index contributed by atoms with van der Waals surface area (Å²) in [4.78, 5) is 32.2. The van der Waals surface area contributed by atoms with Crippen molar-refractivity contribution in [2.75, 3.05) is 45.0 Å². The third-order valence-corrected chi connectivity index (χ3v) is 9.21. The lowest BCUT2D eigenvalue weighted by atomic mass is 9.81. The number of carbonyl (C=O) groups excluding carboxylic acids is 1. The molecule has 5 aromatic rings. The van der Waals surface area contributed by atoms with Gasteiger partial charge in [0.25, 0.3) is 5.91 Å². The second-order valence-corrected chi connectivity index (χ2v) is 12.5. The molecule has 48 heavy (non-hydrogen) atoms. The van der Waals surface area contributed by atoms with Crippen LogP contribution in [0.2, 0.25) is 0 Å². The second kappa shape index (κ2) is 15.7. The van der Waals surface area contributed by atoms with Crippen LogP contribution in [0.5, 0.6) is 0 Å². The van der Waals surface area contributed by atoms with Crippen molar-refractivity contribution in [3.8, 4) is 10.6 Å². The van der Waals surface area contributed by atoms with Gasteiger partial charge in [-0.05, 0) is 80.4 Å². The van der Waals surface area contributed by atoms with Crippen LogP contribution in [0.1, 0.15) is 30.4 Å². The number of carbonyl (C=O) groups is 1. The maximum Gasteiger partial charge on any atom is 0.290 e. The zero-order valence-electron chi connectivity index (χ0n) is 26.8. The minimum atomic E-state index is -0.823. The number of thiazole rings is 1. The molecule has 3 heterocycles. The fourth-order valence-corrected chi connectivity index (χ4v) is 6.84. The lowest BCUT2D eigenvalue weighted by Crippen LogP contribution is -2.39. The Balaban J connectivity index is 1.24. The van der Waals surface area contributed by atoms with E-state index in [1.807, 2.05) is 49.4 Å². The van der Waals surface area contributed by atoms with Gasteiger partial charge >= 0.3 is 0 Å². The van der Waals surface area contributed by atoms with Crippen molar-refractivity contribution < 1.29 is 33.3 Å². The SMILES string of the molecule is CCO[C@@H]1OC(C(=O)Nc2ccc(-c3nc4ccc(C)cc4s3)cc2)=C[C@H](c2coc3ccccc3c2=O)[C@H]1CCOCCOCCO. The van der Waals surface area contributed by atoms with Gasteiger partial charge in [-0.2, -0.15) is 0 Å². The number of nitrogens with one attached hydrogen (secondary N) is 1. The van der Waals surface area contributed by atoms with Crippen molar-refractivity contribution >= 4 is 44.1 Å². The Morgan fingerprint density at radius 2 is 1.81 bits per heavy atom. The number of benzene rings is 3. The number of aliphatic hydroxyl groups excluding tert-OH is 1. The highest BCUT2D eigenvalue weighted by Crippen LogP contribution is 2.39. The highest BCUT2D eigenvalue weighted by molar-refractivity contribution is 7.21. The van der Waals surface area contributed by atoms with Crippen LogP contribution in [0.3, 0.4) is 0 Å². The van der Waals surface area contributed by atoms with E-state index in [1.54, 1.807) is 35.6 Å². The highest BCUT2D eigenvalue weighted by Gasteiger charge is 2.39. The standard InChI is InChI=1S/C37H38N2O8S/c1-3-45-37-26(14-16-43-18-19-44-17-15-40)28(29-22-46-31-7-5-4-6-27(31)34(29)41)21-32(47-37)35(42)38-25-11-9-24(10-12-25)36-39-30-13-8-23(2)20-33(30)48-36/h4-13,20-22,26,28,37,40H,3,14-19H2,1-2H3,(H,38,42)/t26-,28+,37-/m1/s1. The molecule has 10 nitrogen and oxygen atoms in total. The van der Waals surface area contributed by atoms with Gasteiger partial charge in [0.05, 0.1) is 48.3 Å². The molecule has 1 amide bonds. The average molecular weight is 671 g/mol. The van der Waals surface area contributed by atoms with Gasteiger partial charge in [0, 0.05) is 41.9 Å². The van der Waals surface area contributed by atoms with Crippen LogP contribution in [0.4, 0.5) is 5.69 Å². The molecule has 3 aromatic carbocycles. The maximum absolute atomic E-state index is 13.8. The third kappa shape index (κ3) is 7.67. The van der Waals surface area contributed by atoms with Gasteiger partial charge < -0.3 is 33.8 Å². The quantitative estimate of drug-likeness (QED) is 0.129. The van der Waals surface area contributed by atoms with Crippen molar-refractivity contribution in [3.05, 3.63) is 106 Å². The molecule has 2 N–H and O–H groups in total. The summed E-state index contributed by atoms with van der Waals surface area (Å²) in [5.41, 5.74) is 4.37. The summed E-state index contributed by atoms with van der Waals surface area (Å²) < 4.78 is 30.3. The number of nitrogens with zero attached hydrogens (tertiary/aromatic N) is 1. The first-order valence-electron chi connectivity index (χ1n) is 16.0. The van der Waals surface area contributed by atoms with Gasteiger partial charge in [-0.3, -0.25) is 9.59 Å². The number of aryl methyl sites for hydroxylation is 1. The van der Waals surface area contributed by atoms with Crippen LogP contribution in [0.25, 0.3) is 31.8 Å². The van der Waals surface area contributed by atoms with Gasteiger partial charge in [-0.1, -0.05) is 18.2 Å². The summed E-state index contributed by atoms with van der Waals surface area (Å²) in [5, 5.41) is 13.2. The minimum absolute atomic E-state index is 0.0474. The predicted octanol–water partition coefficient (Wildman–Crippen LogP) is 6.41. The Morgan fingerprint density at radius 1 is 1.02 bits per heavy atom. The Labute approximate surface area is 281 Å². The molecule has 0 bridgehead atoms. The molecule has 1 aliphatic rings. The van der Waals surface area contributed by atoms with Crippen LogP contribution >= 0.6 is 11.3 Å². The van der Waals surface area contributed by atoms with Gasteiger partial charge in [0.2, 0.25) is 6.29 Å². The summed E-state index contributed by atoms with van der Waals surface area (Å²) >= 11 is 1.62. The van der Waals surface area contributed by atoms with E-state index >= 15 is 0 Å². The van der Waals surface area contributed by atoms with Crippen LogP contribution in [-0.2, 0) is 23.7 Å². The number of rotatable bonds is 14. The number of aromatic nitrogens is 1. The van der Waals surface area contributed by atoms with Crippen LogP contribution in [0.15, 0.2) is 94.0 Å². The van der Waals surface area contributed by atoms with E-state index in [9.17, 15) is 9.59 Å². The van der Waals surface area contributed by atoms with E-state index in [0.29, 0.717) is 55.1 Å². The van der Waals surface area contributed by atoms with E-state index in [2.05, 4.69) is 18.3 Å². The first kappa shape index (κ1) is 33.5. The molecular weight excluding hydrogens is 632 g/mol. The van der Waals surface area contributed by atoms with E-state index in [0.717, 1.165) is 20.8 Å². The first-order valence-corrected chi connectivity index (χ1v) is 16.8. The van der Waals surface area contributed by atoms with Crippen molar-refractivity contribution in [1.82, 2.24) is 4.98 Å². The average Bonchev–Trinajstić information content (AvgIpc) is 3.52. The van der Waals surface area contributed by atoms with Crippen LogP contribution in [0, 0.1) is 12.8 Å². The number of anilines is 1. The molecule has 0 unspecified atom stereocenters. The topological polar surface area (TPSA) is 129 Å². The molecule has 0 radical (unpaired) electrons. The predicted molar refractivity (Wildman–Crippen MR) is 185 cm³/mol. The molecular formula is C37H38N2O8S. The molecule has 11 heteroatoms. The number of ether oxygens (including phenoxy) is 4. The number of para-hydroxylation sites is 1. The molecule has 0 saturated carbocycles. The fraction of sp³-hybridized carbons (Fsp3) is 0.324. The number of fused-ring (bicyclic) bond motifs is 2. The van der Waals surface area contributed by atoms with E-state index in [4.69, 9.17) is 33.5 Å². The monoisotopic (exact) mass is 670 g/mol. The van der Waals surface area contributed by atoms with E-state index in [1.165, 1.54) is 11.8 Å². The van der Waals surface area contributed by atoms with Crippen molar-refractivity contribution in [3.63, 3.8) is 0 Å². The number of allylic oxidation sites excluding steroid dienone is 1. The van der Waals surface area contributed by atoms with Crippen molar-refractivity contribution in [2.24, 2.45) is 5.92 Å². The molecule has 0 aliphatic carbocycles. The Kier molecular flexibility index (Phi) is 10.9. The second-order valence-electron chi connectivity index (χ2n) is 11.4. The zero-order valence-corrected chi connectivity index (χ0v) is 27.7. The Hall–Kier alpha value is -4.39. The normalized spacial score (nSPS) is 17.7. The summed E-state index contributed by atoms with van der Waals surface area (Å²) in [6, 6.07) is 20.8. The van der Waals surface area contributed by atoms with Gasteiger partial charge in [0.1, 0.15) is 10.6 Å². The summed E-state index contributed by atoms with van der Waals surface area (Å²) in [6.07, 6.45) is 2.79. The largest absolute Gasteiger partial charge is 0.464 e. The number of hydrogen-bond acceptors (Lipinski definition) is 10. The molecule has 0 saturated heterocycles. The van der Waals surface area contributed by atoms with Crippen LogP contribution < -0.4 is 10.7 Å². The molecule has 0 spiro atoms. The number of hydrogen-bond donors (Lipinski definition) is 2. The van der Waals surface area contributed by atoms with Gasteiger partial charge in [-0.25, -0.2) is 4.98 Å². The fourth-order valence-electron chi connectivity index (χ4n) is 5.77. The zero-order chi connectivity index (χ0) is 33.5. The van der Waals surface area contributed by atoms with Gasteiger partial charge in [0.15, 0.2) is 11.2 Å². The molecule has 6 rings (SSSR count).